The van der Waals surface area contributed by atoms with E-state index in [0.717, 1.165) is 18.2 Å². The lowest BCUT2D eigenvalue weighted by atomic mass is 9.79. The van der Waals surface area contributed by atoms with Gasteiger partial charge in [-0.25, -0.2) is 4.79 Å². The van der Waals surface area contributed by atoms with Gasteiger partial charge in [0.05, 0.1) is 23.1 Å². The summed E-state index contributed by atoms with van der Waals surface area (Å²) in [6.45, 7) is 3.35. The van der Waals surface area contributed by atoms with E-state index in [1.165, 1.54) is 24.3 Å². The van der Waals surface area contributed by atoms with Crippen molar-refractivity contribution in [2.24, 2.45) is 5.92 Å². The van der Waals surface area contributed by atoms with E-state index >= 15 is 0 Å². The van der Waals surface area contributed by atoms with Gasteiger partial charge in [0, 0.05) is 17.5 Å². The van der Waals surface area contributed by atoms with Gasteiger partial charge in [-0.2, -0.15) is 26.3 Å². The van der Waals surface area contributed by atoms with E-state index in [1.54, 1.807) is 13.8 Å². The topological polar surface area (TPSA) is 111 Å². The lowest BCUT2D eigenvalue weighted by molar-refractivity contribution is -0.149. The molecule has 1 aromatic heterocycles. The number of halogens is 6. The quantitative estimate of drug-likeness (QED) is 0.261. The van der Waals surface area contributed by atoms with E-state index in [0.29, 0.717) is 17.7 Å². The van der Waals surface area contributed by atoms with Gasteiger partial charge in [-0.1, -0.05) is 50.6 Å². The van der Waals surface area contributed by atoms with Crippen LogP contribution in [-0.2, 0) is 46.0 Å². The lowest BCUT2D eigenvalue weighted by Crippen LogP contribution is -2.62. The number of carboxylic acids is 1. The summed E-state index contributed by atoms with van der Waals surface area (Å²) in [7, 11) is 0. The fraction of sp³-hybridized carbons (Fsp3) is 0.414. The highest BCUT2D eigenvalue weighted by Gasteiger charge is 2.46. The summed E-state index contributed by atoms with van der Waals surface area (Å²) in [6.07, 6.45) is -10.1. The number of carbonyl (C=O) groups is 3. The summed E-state index contributed by atoms with van der Waals surface area (Å²) < 4.78 is 81.0. The molecule has 0 aliphatic heterocycles. The summed E-state index contributed by atoms with van der Waals surface area (Å²) in [5, 5.41) is 15.4. The van der Waals surface area contributed by atoms with Gasteiger partial charge in [-0.15, -0.1) is 0 Å². The molecule has 3 aromatic rings. The Hall–Kier alpha value is -4.03. The van der Waals surface area contributed by atoms with Crippen LogP contribution in [0, 0.1) is 5.92 Å². The van der Waals surface area contributed by atoms with Gasteiger partial charge in [0.15, 0.2) is 0 Å². The molecule has 0 fully saturated rings. The monoisotopic (exact) mass is 597 g/mol. The van der Waals surface area contributed by atoms with Crippen LogP contribution < -0.4 is 10.6 Å². The Morgan fingerprint density at radius 1 is 1.00 bits per heavy atom. The molecule has 1 heterocycles. The molecule has 226 valence electrons. The first kappa shape index (κ1) is 30.9. The van der Waals surface area contributed by atoms with E-state index in [-0.39, 0.29) is 35.7 Å². The summed E-state index contributed by atoms with van der Waals surface area (Å²) in [4.78, 5) is 41.7. The fourth-order valence-corrected chi connectivity index (χ4v) is 5.41. The number of hydrogen-bond acceptors (Lipinski definition) is 3. The van der Waals surface area contributed by atoms with E-state index in [1.807, 2.05) is 0 Å². The second kappa shape index (κ2) is 11.3. The van der Waals surface area contributed by atoms with Crippen molar-refractivity contribution in [3.05, 3.63) is 70.4 Å². The number of nitrogens with one attached hydrogen (secondary N) is 3. The summed E-state index contributed by atoms with van der Waals surface area (Å²) in [5.74, 6) is -3.65. The molecule has 0 spiro atoms. The van der Waals surface area contributed by atoms with Crippen molar-refractivity contribution in [3.8, 4) is 0 Å². The first-order valence-electron chi connectivity index (χ1n) is 13.3. The van der Waals surface area contributed by atoms with Gasteiger partial charge in [0.25, 0.3) is 0 Å². The van der Waals surface area contributed by atoms with Crippen LogP contribution in [0.25, 0.3) is 10.9 Å². The van der Waals surface area contributed by atoms with Crippen LogP contribution in [0.2, 0.25) is 0 Å². The maximum atomic E-state index is 13.6. The smallest absolute Gasteiger partial charge is 0.418 e. The van der Waals surface area contributed by atoms with Gasteiger partial charge in [-0.3, -0.25) is 9.59 Å². The normalized spacial score (nSPS) is 18.7. The third-order valence-corrected chi connectivity index (χ3v) is 7.87. The Morgan fingerprint density at radius 3 is 2.26 bits per heavy atom. The minimum Gasteiger partial charge on any atom is -0.479 e. The number of aromatic nitrogens is 1. The number of rotatable bonds is 8. The predicted octanol–water partition coefficient (Wildman–Crippen LogP) is 5.41. The second-order valence-corrected chi connectivity index (χ2v) is 10.6. The number of hydrogen-bond donors (Lipinski definition) is 4. The van der Waals surface area contributed by atoms with E-state index in [9.17, 15) is 45.8 Å². The number of fused-ring (bicyclic) bond motifs is 3. The van der Waals surface area contributed by atoms with Crippen LogP contribution in [0.4, 0.5) is 26.3 Å². The number of alkyl halides is 6. The highest BCUT2D eigenvalue weighted by Crippen LogP contribution is 2.40. The first-order valence-corrected chi connectivity index (χ1v) is 13.3. The largest absolute Gasteiger partial charge is 0.479 e. The van der Waals surface area contributed by atoms with Crippen LogP contribution in [0.1, 0.15) is 54.6 Å². The van der Waals surface area contributed by atoms with Crippen molar-refractivity contribution in [1.29, 1.82) is 0 Å². The van der Waals surface area contributed by atoms with Gasteiger partial charge in [0.1, 0.15) is 11.6 Å². The van der Waals surface area contributed by atoms with Gasteiger partial charge < -0.3 is 20.7 Å². The zero-order chi connectivity index (χ0) is 31.0. The van der Waals surface area contributed by atoms with E-state index in [2.05, 4.69) is 15.6 Å². The minimum atomic E-state index is -4.69. The standard InChI is InChI=1S/C29H29F6N3O4/c1-3-15(2)23(37-22(39)13-16-7-4-5-9-19(16)28(30,31)32)25(40)38-27(26(41)42)12-11-21-18(14-27)17-8-6-10-20(24(17)36-21)29(33,34)35/h4-10,15,23,36H,3,11-14H2,1-2H3,(H,37,39)(H,38,40)(H,41,42). The van der Waals surface area contributed by atoms with Crippen molar-refractivity contribution >= 4 is 28.7 Å². The van der Waals surface area contributed by atoms with Crippen molar-refractivity contribution in [2.75, 3.05) is 0 Å². The number of aliphatic carboxylic acids is 1. The molecule has 1 aliphatic carbocycles. The molecule has 2 aromatic carbocycles. The molecule has 0 radical (unpaired) electrons. The van der Waals surface area contributed by atoms with Crippen LogP contribution in [-0.4, -0.2) is 39.5 Å². The molecule has 0 saturated carbocycles. The van der Waals surface area contributed by atoms with Gasteiger partial charge in [-0.05, 0) is 42.0 Å². The van der Waals surface area contributed by atoms with Crippen molar-refractivity contribution < 1.29 is 45.8 Å². The van der Waals surface area contributed by atoms with E-state index < -0.39 is 65.2 Å². The molecule has 4 rings (SSSR count). The second-order valence-electron chi connectivity index (χ2n) is 10.6. The van der Waals surface area contributed by atoms with Crippen LogP contribution in [0.3, 0.4) is 0 Å². The summed E-state index contributed by atoms with van der Waals surface area (Å²) in [5.41, 5.74) is -3.48. The molecule has 3 atom stereocenters. The van der Waals surface area contributed by atoms with Crippen LogP contribution in [0.5, 0.6) is 0 Å². The average Bonchev–Trinajstić information content (AvgIpc) is 3.28. The Bertz CT molecular complexity index is 1510. The van der Waals surface area contributed by atoms with Crippen molar-refractivity contribution in [1.82, 2.24) is 15.6 Å². The number of carboxylic acid groups (broad SMARTS) is 1. The predicted molar refractivity (Wildman–Crippen MR) is 140 cm³/mol. The highest BCUT2D eigenvalue weighted by atomic mass is 19.4. The zero-order valence-electron chi connectivity index (χ0n) is 22.7. The van der Waals surface area contributed by atoms with Gasteiger partial charge >= 0.3 is 18.3 Å². The molecular formula is C29H29F6N3O4. The number of amides is 2. The Morgan fingerprint density at radius 2 is 1.64 bits per heavy atom. The number of H-pyrrole nitrogens is 1. The lowest BCUT2D eigenvalue weighted by Gasteiger charge is -2.36. The number of carbonyl (C=O) groups excluding carboxylic acids is 2. The Labute approximate surface area is 236 Å². The third-order valence-electron chi connectivity index (χ3n) is 7.87. The number of benzene rings is 2. The maximum absolute atomic E-state index is 13.6. The summed E-state index contributed by atoms with van der Waals surface area (Å²) in [6, 6.07) is 6.86. The maximum Gasteiger partial charge on any atom is 0.418 e. The zero-order valence-corrected chi connectivity index (χ0v) is 22.7. The van der Waals surface area contributed by atoms with Crippen LogP contribution >= 0.6 is 0 Å². The Balaban J connectivity index is 1.60. The number of para-hydroxylation sites is 1. The van der Waals surface area contributed by atoms with Crippen molar-refractivity contribution in [2.45, 2.75) is 69.9 Å². The molecule has 7 nitrogen and oxygen atoms in total. The number of aryl methyl sites for hydroxylation is 1. The molecule has 42 heavy (non-hydrogen) atoms. The highest BCUT2D eigenvalue weighted by molar-refractivity contribution is 5.95. The van der Waals surface area contributed by atoms with Crippen molar-refractivity contribution in [3.63, 3.8) is 0 Å². The molecule has 3 unspecified atom stereocenters. The third kappa shape index (κ3) is 6.09. The summed E-state index contributed by atoms with van der Waals surface area (Å²) >= 11 is 0. The molecular weight excluding hydrogens is 568 g/mol. The first-order chi connectivity index (χ1) is 19.6. The fourth-order valence-electron chi connectivity index (χ4n) is 5.41. The molecule has 0 saturated heterocycles. The molecule has 13 heteroatoms. The van der Waals surface area contributed by atoms with Crippen LogP contribution in [0.15, 0.2) is 42.5 Å². The molecule has 0 bridgehead atoms. The Kier molecular flexibility index (Phi) is 8.34. The SMILES string of the molecule is CCC(C)C(NC(=O)Cc1ccccc1C(F)(F)F)C(=O)NC1(C(=O)O)CCc2[nH]c3c(C(F)(F)F)cccc3c2C1. The van der Waals surface area contributed by atoms with Gasteiger partial charge in [0.2, 0.25) is 11.8 Å². The minimum absolute atomic E-state index is 0.0302. The molecule has 4 N–H and O–H groups in total. The molecule has 2 amide bonds. The average molecular weight is 598 g/mol. The number of aromatic amines is 1. The van der Waals surface area contributed by atoms with E-state index in [4.69, 9.17) is 0 Å². The molecule has 1 aliphatic rings.